The number of nitro groups is 1. The predicted molar refractivity (Wildman–Crippen MR) is 120 cm³/mol. The highest BCUT2D eigenvalue weighted by atomic mass is 35.5. The van der Waals surface area contributed by atoms with Crippen molar-refractivity contribution >= 4 is 39.9 Å². The Morgan fingerprint density at radius 1 is 1.03 bits per heavy atom. The summed E-state index contributed by atoms with van der Waals surface area (Å²) in [6, 6.07) is 16.0. The highest BCUT2D eigenvalue weighted by Crippen LogP contribution is 2.33. The molecule has 1 aromatic heterocycles. The molecular weight excluding hydrogens is 441 g/mol. The maximum absolute atomic E-state index is 13.3. The Hall–Kier alpha value is -3.35. The van der Waals surface area contributed by atoms with Gasteiger partial charge in [0.1, 0.15) is 12.2 Å². The second-order valence-electron chi connectivity index (χ2n) is 6.91. The summed E-state index contributed by atoms with van der Waals surface area (Å²) in [5.74, 6) is 0.283. The number of fused-ring (bicyclic) bond motifs is 1. The molecule has 0 spiro atoms. The molecule has 0 saturated carbocycles. The van der Waals surface area contributed by atoms with Crippen molar-refractivity contribution in [3.8, 4) is 17.1 Å². The largest absolute Gasteiger partial charge is 0.481 e. The second-order valence-corrected chi connectivity index (χ2v) is 7.75. The summed E-state index contributed by atoms with van der Waals surface area (Å²) in [6.45, 7) is 1.84. The molecule has 6 nitrogen and oxygen atoms in total. The number of benzene rings is 3. The van der Waals surface area contributed by atoms with E-state index in [1.54, 1.807) is 48.5 Å². The van der Waals surface area contributed by atoms with Gasteiger partial charge in [-0.15, -0.1) is 0 Å². The van der Waals surface area contributed by atoms with Gasteiger partial charge in [0.2, 0.25) is 11.2 Å². The van der Waals surface area contributed by atoms with E-state index >= 15 is 0 Å². The molecule has 0 saturated heterocycles. The van der Waals surface area contributed by atoms with E-state index < -0.39 is 4.92 Å². The van der Waals surface area contributed by atoms with E-state index in [2.05, 4.69) is 0 Å². The fraction of sp³-hybridized carbons (Fsp3) is 0.0870. The highest BCUT2D eigenvalue weighted by Gasteiger charge is 2.19. The molecule has 0 aliphatic heterocycles. The van der Waals surface area contributed by atoms with Crippen molar-refractivity contribution in [2.45, 2.75) is 13.5 Å². The van der Waals surface area contributed by atoms with Gasteiger partial charge >= 0.3 is 0 Å². The van der Waals surface area contributed by atoms with Gasteiger partial charge in [-0.1, -0.05) is 23.2 Å². The third kappa shape index (κ3) is 4.26. The van der Waals surface area contributed by atoms with Crippen molar-refractivity contribution in [1.82, 2.24) is 0 Å². The van der Waals surface area contributed by atoms with Crippen LogP contribution in [-0.2, 0) is 6.61 Å². The molecule has 0 aliphatic carbocycles. The van der Waals surface area contributed by atoms with Crippen LogP contribution in [0.15, 0.2) is 69.9 Å². The van der Waals surface area contributed by atoms with Crippen molar-refractivity contribution < 1.29 is 14.1 Å². The van der Waals surface area contributed by atoms with Gasteiger partial charge < -0.3 is 9.15 Å². The van der Waals surface area contributed by atoms with Crippen LogP contribution in [0.3, 0.4) is 0 Å². The number of hydrogen-bond donors (Lipinski definition) is 0. The summed E-state index contributed by atoms with van der Waals surface area (Å²) in [5.41, 5.74) is 2.05. The molecule has 0 aliphatic rings. The van der Waals surface area contributed by atoms with Gasteiger partial charge in [0, 0.05) is 27.7 Å². The summed E-state index contributed by atoms with van der Waals surface area (Å²) in [7, 11) is 0. The van der Waals surface area contributed by atoms with E-state index in [0.29, 0.717) is 32.1 Å². The SMILES string of the molecule is Cc1cc2oc(-c3ccc(Cl)cc3)c(OCc3ccc([N+](=O)[O-])cc3)c(=O)c2cc1Cl. The number of rotatable bonds is 5. The quantitative estimate of drug-likeness (QED) is 0.251. The summed E-state index contributed by atoms with van der Waals surface area (Å²) in [5, 5.41) is 12.1. The molecular formula is C23H15Cl2NO5. The molecule has 8 heteroatoms. The molecule has 156 valence electrons. The number of ether oxygens (including phenoxy) is 1. The number of nitro benzene ring substituents is 1. The zero-order valence-corrected chi connectivity index (χ0v) is 17.7. The standard InChI is InChI=1S/C23H15Cl2NO5/c1-13-10-20-18(11-19(13)25)21(27)23(22(31-20)15-4-6-16(24)7-5-15)30-12-14-2-8-17(9-3-14)26(28)29/h2-11H,12H2,1H3. The van der Waals surface area contributed by atoms with Gasteiger partial charge in [-0.25, -0.2) is 0 Å². The van der Waals surface area contributed by atoms with Gasteiger partial charge in [0.25, 0.3) is 5.69 Å². The summed E-state index contributed by atoms with van der Waals surface area (Å²) < 4.78 is 11.9. The highest BCUT2D eigenvalue weighted by molar-refractivity contribution is 6.32. The third-order valence-corrected chi connectivity index (χ3v) is 5.43. The predicted octanol–water partition coefficient (Wildman–Crippen LogP) is 6.56. The molecule has 0 unspecified atom stereocenters. The molecule has 3 aromatic carbocycles. The summed E-state index contributed by atoms with van der Waals surface area (Å²) in [6.07, 6.45) is 0. The van der Waals surface area contributed by atoms with Crippen molar-refractivity contribution in [1.29, 1.82) is 0 Å². The smallest absolute Gasteiger partial charge is 0.269 e. The number of non-ortho nitro benzene ring substituents is 1. The first-order valence-corrected chi connectivity index (χ1v) is 9.98. The van der Waals surface area contributed by atoms with Crippen LogP contribution >= 0.6 is 23.2 Å². The van der Waals surface area contributed by atoms with Crippen LogP contribution in [0.2, 0.25) is 10.0 Å². The van der Waals surface area contributed by atoms with E-state index in [4.69, 9.17) is 32.4 Å². The van der Waals surface area contributed by atoms with E-state index in [1.165, 1.54) is 12.1 Å². The van der Waals surface area contributed by atoms with Crippen LogP contribution in [0.25, 0.3) is 22.3 Å². The van der Waals surface area contributed by atoms with Crippen molar-refractivity contribution in [3.63, 3.8) is 0 Å². The Bertz CT molecular complexity index is 1350. The van der Waals surface area contributed by atoms with Crippen molar-refractivity contribution in [2.24, 2.45) is 0 Å². The third-order valence-electron chi connectivity index (χ3n) is 4.77. The maximum atomic E-state index is 13.3. The van der Waals surface area contributed by atoms with Gasteiger partial charge in [-0.3, -0.25) is 14.9 Å². The second kappa shape index (κ2) is 8.41. The average Bonchev–Trinajstić information content (AvgIpc) is 2.75. The molecule has 4 aromatic rings. The summed E-state index contributed by atoms with van der Waals surface area (Å²) in [4.78, 5) is 23.6. The minimum atomic E-state index is -0.479. The molecule has 1 heterocycles. The van der Waals surface area contributed by atoms with Crippen LogP contribution in [0.5, 0.6) is 5.75 Å². The number of hydrogen-bond acceptors (Lipinski definition) is 5. The lowest BCUT2D eigenvalue weighted by Crippen LogP contribution is -2.10. The van der Waals surface area contributed by atoms with E-state index in [-0.39, 0.29) is 29.2 Å². The van der Waals surface area contributed by atoms with Gasteiger partial charge in [0.05, 0.1) is 10.3 Å². The Morgan fingerprint density at radius 3 is 2.35 bits per heavy atom. The first-order chi connectivity index (χ1) is 14.8. The van der Waals surface area contributed by atoms with Crippen LogP contribution < -0.4 is 10.2 Å². The lowest BCUT2D eigenvalue weighted by molar-refractivity contribution is -0.384. The summed E-state index contributed by atoms with van der Waals surface area (Å²) >= 11 is 12.2. The van der Waals surface area contributed by atoms with Gasteiger partial charge in [-0.05, 0) is 66.6 Å². The lowest BCUT2D eigenvalue weighted by Gasteiger charge is -2.12. The number of halogens is 2. The Labute approximate surface area is 186 Å². The molecule has 4 rings (SSSR count). The molecule has 0 atom stereocenters. The van der Waals surface area contributed by atoms with Crippen LogP contribution in [0.1, 0.15) is 11.1 Å². The number of nitrogens with zero attached hydrogens (tertiary/aromatic N) is 1. The fourth-order valence-electron chi connectivity index (χ4n) is 3.09. The average molecular weight is 456 g/mol. The molecule has 0 fully saturated rings. The van der Waals surface area contributed by atoms with Crippen molar-refractivity contribution in [3.05, 3.63) is 102 Å². The van der Waals surface area contributed by atoms with Crippen LogP contribution in [-0.4, -0.2) is 4.92 Å². The molecule has 0 amide bonds. The zero-order chi connectivity index (χ0) is 22.1. The molecule has 0 N–H and O–H groups in total. The minimum absolute atomic E-state index is 0.0214. The van der Waals surface area contributed by atoms with Gasteiger partial charge in [0.15, 0.2) is 5.76 Å². The van der Waals surface area contributed by atoms with Crippen LogP contribution in [0, 0.1) is 17.0 Å². The first kappa shape index (κ1) is 20.9. The zero-order valence-electron chi connectivity index (χ0n) is 16.2. The lowest BCUT2D eigenvalue weighted by atomic mass is 10.1. The van der Waals surface area contributed by atoms with E-state index in [9.17, 15) is 14.9 Å². The Morgan fingerprint density at radius 2 is 1.71 bits per heavy atom. The fourth-order valence-corrected chi connectivity index (χ4v) is 3.38. The maximum Gasteiger partial charge on any atom is 0.269 e. The topological polar surface area (TPSA) is 82.6 Å². The molecule has 0 bridgehead atoms. The molecule has 31 heavy (non-hydrogen) atoms. The Kier molecular flexibility index (Phi) is 5.67. The number of aryl methyl sites for hydroxylation is 1. The van der Waals surface area contributed by atoms with Crippen LogP contribution in [0.4, 0.5) is 5.69 Å². The normalized spacial score (nSPS) is 10.9. The Balaban J connectivity index is 1.81. The first-order valence-electron chi connectivity index (χ1n) is 9.22. The molecule has 0 radical (unpaired) electrons. The minimum Gasteiger partial charge on any atom is -0.481 e. The van der Waals surface area contributed by atoms with E-state index in [0.717, 1.165) is 5.56 Å². The van der Waals surface area contributed by atoms with Crippen molar-refractivity contribution in [2.75, 3.05) is 0 Å². The van der Waals surface area contributed by atoms with E-state index in [1.807, 2.05) is 6.92 Å². The monoisotopic (exact) mass is 455 g/mol. The van der Waals surface area contributed by atoms with Gasteiger partial charge in [-0.2, -0.15) is 0 Å².